The molecule has 0 aromatic carbocycles. The number of pyridine rings is 1. The molecule has 100 valence electrons. The Kier molecular flexibility index (Phi) is 6.32. The Labute approximate surface area is 108 Å². The van der Waals surface area contributed by atoms with Crippen LogP contribution in [0.5, 0.6) is 0 Å². The predicted molar refractivity (Wildman–Crippen MR) is 70.1 cm³/mol. The summed E-state index contributed by atoms with van der Waals surface area (Å²) < 4.78 is 4.88. The van der Waals surface area contributed by atoms with Gasteiger partial charge in [-0.15, -0.1) is 0 Å². The van der Waals surface area contributed by atoms with E-state index in [0.29, 0.717) is 13.2 Å². The molecule has 1 aromatic heterocycles. The van der Waals surface area contributed by atoms with Gasteiger partial charge in [-0.3, -0.25) is 15.1 Å². The summed E-state index contributed by atoms with van der Waals surface area (Å²) in [5, 5.41) is 6.04. The average Bonchev–Trinajstić information content (AvgIpc) is 2.39. The van der Waals surface area contributed by atoms with Gasteiger partial charge in [0.1, 0.15) is 0 Å². The molecule has 0 saturated heterocycles. The second-order valence-electron chi connectivity index (χ2n) is 4.17. The van der Waals surface area contributed by atoms with Gasteiger partial charge in [0.05, 0.1) is 12.6 Å². The first-order chi connectivity index (χ1) is 8.65. The van der Waals surface area contributed by atoms with E-state index in [2.05, 4.69) is 15.6 Å². The molecule has 0 fully saturated rings. The molecule has 2 atom stereocenters. The fourth-order valence-electron chi connectivity index (χ4n) is 1.63. The number of nitrogens with zero attached hydrogens (tertiary/aromatic N) is 1. The summed E-state index contributed by atoms with van der Waals surface area (Å²) >= 11 is 0. The van der Waals surface area contributed by atoms with Crippen molar-refractivity contribution in [3.05, 3.63) is 30.1 Å². The zero-order valence-corrected chi connectivity index (χ0v) is 11.1. The molecule has 0 aliphatic heterocycles. The summed E-state index contributed by atoms with van der Waals surface area (Å²) in [5.41, 5.74) is 1.11. The molecule has 1 rings (SSSR count). The number of rotatable bonds is 7. The first-order valence-electron chi connectivity index (χ1n) is 6.07. The molecule has 1 unspecified atom stereocenters. The highest BCUT2D eigenvalue weighted by Crippen LogP contribution is 2.10. The minimum absolute atomic E-state index is 0.0204. The minimum atomic E-state index is -0.245. The van der Waals surface area contributed by atoms with Crippen LogP contribution in [-0.2, 0) is 9.53 Å². The van der Waals surface area contributed by atoms with E-state index in [1.54, 1.807) is 19.5 Å². The molecule has 1 heterocycles. The minimum Gasteiger partial charge on any atom is -0.383 e. The second kappa shape index (κ2) is 7.79. The summed E-state index contributed by atoms with van der Waals surface area (Å²) in [7, 11) is 1.61. The van der Waals surface area contributed by atoms with Crippen LogP contribution in [0.4, 0.5) is 0 Å². The highest BCUT2D eigenvalue weighted by molar-refractivity contribution is 5.81. The zero-order chi connectivity index (χ0) is 13.4. The third-order valence-corrected chi connectivity index (χ3v) is 2.70. The maximum atomic E-state index is 11.7. The Morgan fingerprint density at radius 2 is 2.06 bits per heavy atom. The first-order valence-corrected chi connectivity index (χ1v) is 6.07. The lowest BCUT2D eigenvalue weighted by atomic mass is 10.1. The highest BCUT2D eigenvalue weighted by Gasteiger charge is 2.15. The number of ether oxygens (including phenoxy) is 1. The Balaban J connectivity index is 2.39. The number of amides is 1. The van der Waals surface area contributed by atoms with Crippen LogP contribution in [0.25, 0.3) is 0 Å². The summed E-state index contributed by atoms with van der Waals surface area (Å²) in [4.78, 5) is 15.7. The van der Waals surface area contributed by atoms with Crippen molar-refractivity contribution in [3.63, 3.8) is 0 Å². The molecule has 1 amide bonds. The largest absolute Gasteiger partial charge is 0.383 e. The van der Waals surface area contributed by atoms with Crippen molar-refractivity contribution < 1.29 is 9.53 Å². The molecule has 2 N–H and O–H groups in total. The van der Waals surface area contributed by atoms with Crippen molar-refractivity contribution in [2.24, 2.45) is 0 Å². The molecule has 0 aliphatic carbocycles. The third-order valence-electron chi connectivity index (χ3n) is 2.70. The topological polar surface area (TPSA) is 63.2 Å². The van der Waals surface area contributed by atoms with Gasteiger partial charge in [0.25, 0.3) is 0 Å². The van der Waals surface area contributed by atoms with E-state index in [1.165, 1.54) is 0 Å². The van der Waals surface area contributed by atoms with Gasteiger partial charge in [-0.25, -0.2) is 0 Å². The van der Waals surface area contributed by atoms with Gasteiger partial charge in [-0.05, 0) is 31.5 Å². The Morgan fingerprint density at radius 1 is 1.39 bits per heavy atom. The molecule has 5 nitrogen and oxygen atoms in total. The van der Waals surface area contributed by atoms with Crippen molar-refractivity contribution in [2.45, 2.75) is 25.9 Å². The molecule has 0 radical (unpaired) electrons. The number of hydrogen-bond donors (Lipinski definition) is 2. The standard InChI is InChI=1S/C13H21N3O2/c1-10(12-4-6-14-7-5-12)16-11(2)13(17)15-8-9-18-3/h4-7,10-11,16H,8-9H2,1-3H3,(H,15,17)/t10-,11?/m0/s1. The Hall–Kier alpha value is -1.46. The molecule has 0 aliphatic rings. The lowest BCUT2D eigenvalue weighted by Gasteiger charge is -2.19. The number of carbonyl (C=O) groups is 1. The number of aromatic nitrogens is 1. The van der Waals surface area contributed by atoms with Crippen LogP contribution in [0.3, 0.4) is 0 Å². The number of carbonyl (C=O) groups excluding carboxylic acids is 1. The Bertz CT molecular complexity index is 357. The van der Waals surface area contributed by atoms with Crippen LogP contribution < -0.4 is 10.6 Å². The van der Waals surface area contributed by atoms with Crippen molar-refractivity contribution in [1.29, 1.82) is 0 Å². The molecular weight excluding hydrogens is 230 g/mol. The lowest BCUT2D eigenvalue weighted by molar-refractivity contribution is -0.123. The molecular formula is C13H21N3O2. The van der Waals surface area contributed by atoms with E-state index in [4.69, 9.17) is 4.74 Å². The summed E-state index contributed by atoms with van der Waals surface area (Å²) in [6.07, 6.45) is 3.49. The van der Waals surface area contributed by atoms with E-state index < -0.39 is 0 Å². The van der Waals surface area contributed by atoms with Gasteiger partial charge >= 0.3 is 0 Å². The van der Waals surface area contributed by atoms with Crippen LogP contribution in [0.1, 0.15) is 25.5 Å². The smallest absolute Gasteiger partial charge is 0.236 e. The second-order valence-corrected chi connectivity index (χ2v) is 4.17. The highest BCUT2D eigenvalue weighted by atomic mass is 16.5. The maximum absolute atomic E-state index is 11.7. The lowest BCUT2D eigenvalue weighted by Crippen LogP contribution is -2.44. The van der Waals surface area contributed by atoms with Crippen LogP contribution in [0.2, 0.25) is 0 Å². The summed E-state index contributed by atoms with van der Waals surface area (Å²) in [6, 6.07) is 3.74. The van der Waals surface area contributed by atoms with Crippen LogP contribution in [0, 0.1) is 0 Å². The number of methoxy groups -OCH3 is 1. The van der Waals surface area contributed by atoms with Gasteiger partial charge in [-0.2, -0.15) is 0 Å². The van der Waals surface area contributed by atoms with Gasteiger partial charge in [0, 0.05) is 32.1 Å². The molecule has 0 bridgehead atoms. The summed E-state index contributed by atoms with van der Waals surface area (Å²) in [6.45, 7) is 4.93. The third kappa shape index (κ3) is 4.81. The fraction of sp³-hybridized carbons (Fsp3) is 0.538. The van der Waals surface area contributed by atoms with E-state index >= 15 is 0 Å². The zero-order valence-electron chi connectivity index (χ0n) is 11.1. The number of hydrogen-bond acceptors (Lipinski definition) is 4. The van der Waals surface area contributed by atoms with Crippen LogP contribution in [0.15, 0.2) is 24.5 Å². The number of nitrogens with one attached hydrogen (secondary N) is 2. The quantitative estimate of drug-likeness (QED) is 0.706. The van der Waals surface area contributed by atoms with Crippen molar-refractivity contribution in [3.8, 4) is 0 Å². The van der Waals surface area contributed by atoms with Gasteiger partial charge < -0.3 is 10.1 Å². The monoisotopic (exact) mass is 251 g/mol. The molecule has 5 heteroatoms. The average molecular weight is 251 g/mol. The van der Waals surface area contributed by atoms with Gasteiger partial charge in [0.2, 0.25) is 5.91 Å². The molecule has 1 aromatic rings. The van der Waals surface area contributed by atoms with Crippen molar-refractivity contribution in [1.82, 2.24) is 15.6 Å². The fourth-order valence-corrected chi connectivity index (χ4v) is 1.63. The van der Waals surface area contributed by atoms with Crippen molar-refractivity contribution in [2.75, 3.05) is 20.3 Å². The first kappa shape index (κ1) is 14.6. The Morgan fingerprint density at radius 3 is 2.67 bits per heavy atom. The van der Waals surface area contributed by atoms with Crippen LogP contribution in [-0.4, -0.2) is 37.2 Å². The van der Waals surface area contributed by atoms with E-state index in [-0.39, 0.29) is 18.0 Å². The molecule has 0 spiro atoms. The van der Waals surface area contributed by atoms with Gasteiger partial charge in [0.15, 0.2) is 0 Å². The predicted octanol–water partition coefficient (Wildman–Crippen LogP) is 0.883. The van der Waals surface area contributed by atoms with E-state index in [0.717, 1.165) is 5.56 Å². The molecule has 0 saturated carbocycles. The van der Waals surface area contributed by atoms with Crippen molar-refractivity contribution >= 4 is 5.91 Å². The summed E-state index contributed by atoms with van der Waals surface area (Å²) in [5.74, 6) is -0.0204. The normalized spacial score (nSPS) is 13.9. The van der Waals surface area contributed by atoms with E-state index in [1.807, 2.05) is 26.0 Å². The van der Waals surface area contributed by atoms with E-state index in [9.17, 15) is 4.79 Å². The van der Waals surface area contributed by atoms with Crippen LogP contribution >= 0.6 is 0 Å². The van der Waals surface area contributed by atoms with Gasteiger partial charge in [-0.1, -0.05) is 0 Å². The SMILES string of the molecule is COCCNC(=O)C(C)N[C@@H](C)c1ccncc1. The maximum Gasteiger partial charge on any atom is 0.236 e. The molecule has 18 heavy (non-hydrogen) atoms.